The minimum atomic E-state index is -0.332. The molecule has 0 fully saturated rings. The number of nitrogens with one attached hydrogen (secondary N) is 1. The Hall–Kier alpha value is -0.740. The van der Waals surface area contributed by atoms with Crippen LogP contribution in [0.25, 0.3) is 0 Å². The van der Waals surface area contributed by atoms with E-state index >= 15 is 0 Å². The normalized spacial score (nSPS) is 12.2. The van der Waals surface area contributed by atoms with Crippen molar-refractivity contribution in [2.24, 2.45) is 0 Å². The van der Waals surface area contributed by atoms with E-state index in [1.165, 1.54) is 18.2 Å². The summed E-state index contributed by atoms with van der Waals surface area (Å²) in [6.07, 6.45) is 0. The third-order valence-corrected chi connectivity index (χ3v) is 2.31. The maximum absolute atomic E-state index is 11.6. The Bertz CT molecular complexity index is 368. The first-order valence-corrected chi connectivity index (χ1v) is 5.71. The summed E-state index contributed by atoms with van der Waals surface area (Å²) in [6, 6.07) is 4.36. The molecule has 1 unspecified atom stereocenters. The predicted molar refractivity (Wildman–Crippen MR) is 63.8 cm³/mol. The summed E-state index contributed by atoms with van der Waals surface area (Å²) < 4.78 is 0. The van der Waals surface area contributed by atoms with Crippen molar-refractivity contribution in [2.45, 2.75) is 11.8 Å². The molecule has 82 valence electrons. The second kappa shape index (κ2) is 5.37. The van der Waals surface area contributed by atoms with Crippen molar-refractivity contribution in [2.75, 3.05) is 6.54 Å². The van der Waals surface area contributed by atoms with Gasteiger partial charge in [0.15, 0.2) is 0 Å². The third-order valence-electron chi connectivity index (χ3n) is 1.75. The summed E-state index contributed by atoms with van der Waals surface area (Å²) in [6.45, 7) is 2.41. The van der Waals surface area contributed by atoms with E-state index in [-0.39, 0.29) is 22.0 Å². The zero-order valence-electron chi connectivity index (χ0n) is 8.13. The van der Waals surface area contributed by atoms with E-state index < -0.39 is 0 Å². The van der Waals surface area contributed by atoms with Crippen molar-refractivity contribution < 1.29 is 9.90 Å². The van der Waals surface area contributed by atoms with Gasteiger partial charge >= 0.3 is 0 Å². The number of aromatic hydroxyl groups is 1. The molecule has 0 aliphatic carbocycles. The Morgan fingerprint density at radius 1 is 1.67 bits per heavy atom. The Balaban J connectivity index is 2.77. The van der Waals surface area contributed by atoms with Crippen LogP contribution in [-0.2, 0) is 0 Å². The molecule has 1 aromatic carbocycles. The van der Waals surface area contributed by atoms with Gasteiger partial charge in [-0.2, -0.15) is 0 Å². The number of hydrogen-bond acceptors (Lipinski definition) is 2. The van der Waals surface area contributed by atoms with Crippen LogP contribution in [-0.4, -0.2) is 22.4 Å². The van der Waals surface area contributed by atoms with Gasteiger partial charge in [0.2, 0.25) is 0 Å². The Morgan fingerprint density at radius 3 is 2.93 bits per heavy atom. The number of phenolic OH excluding ortho intramolecular Hbond substituents is 1. The van der Waals surface area contributed by atoms with E-state index in [9.17, 15) is 9.90 Å². The van der Waals surface area contributed by atoms with Crippen LogP contribution in [0.15, 0.2) is 18.2 Å². The first-order valence-electron chi connectivity index (χ1n) is 4.41. The van der Waals surface area contributed by atoms with Crippen molar-refractivity contribution in [1.29, 1.82) is 0 Å². The second-order valence-electron chi connectivity index (χ2n) is 3.15. The number of carbonyl (C=O) groups excluding carboxylic acids is 1. The van der Waals surface area contributed by atoms with Crippen LogP contribution in [0.5, 0.6) is 5.75 Å². The largest absolute Gasteiger partial charge is 0.507 e. The molecule has 3 nitrogen and oxygen atoms in total. The van der Waals surface area contributed by atoms with Crippen LogP contribution in [0.3, 0.4) is 0 Å². The summed E-state index contributed by atoms with van der Waals surface area (Å²) in [4.78, 5) is 11.8. The number of benzene rings is 1. The first kappa shape index (κ1) is 12.3. The van der Waals surface area contributed by atoms with Crippen molar-refractivity contribution in [3.05, 3.63) is 28.8 Å². The molecule has 0 saturated carbocycles. The smallest absolute Gasteiger partial charge is 0.255 e. The summed E-state index contributed by atoms with van der Waals surface area (Å²) >= 11 is 9.03. The summed E-state index contributed by atoms with van der Waals surface area (Å²) in [5.74, 6) is -0.402. The van der Waals surface area contributed by atoms with Gasteiger partial charge in [-0.1, -0.05) is 34.5 Å². The Kier molecular flexibility index (Phi) is 4.42. The van der Waals surface area contributed by atoms with E-state index in [1.54, 1.807) is 0 Å². The van der Waals surface area contributed by atoms with E-state index in [4.69, 9.17) is 11.6 Å². The molecule has 5 heteroatoms. The van der Waals surface area contributed by atoms with Gasteiger partial charge in [-0.3, -0.25) is 4.79 Å². The van der Waals surface area contributed by atoms with Gasteiger partial charge in [-0.25, -0.2) is 0 Å². The zero-order chi connectivity index (χ0) is 11.4. The topological polar surface area (TPSA) is 49.3 Å². The summed E-state index contributed by atoms with van der Waals surface area (Å²) in [7, 11) is 0. The van der Waals surface area contributed by atoms with Gasteiger partial charge in [0.05, 0.1) is 5.56 Å². The fraction of sp³-hybridized carbons (Fsp3) is 0.300. The fourth-order valence-corrected chi connectivity index (χ4v) is 1.35. The molecule has 1 aromatic rings. The molecule has 0 radical (unpaired) electrons. The van der Waals surface area contributed by atoms with Crippen molar-refractivity contribution in [3.8, 4) is 5.75 Å². The zero-order valence-corrected chi connectivity index (χ0v) is 10.5. The summed E-state index contributed by atoms with van der Waals surface area (Å²) in [5.41, 5.74) is 0.190. The molecule has 15 heavy (non-hydrogen) atoms. The average Bonchev–Trinajstić information content (AvgIpc) is 2.18. The Labute approximate surface area is 102 Å². The maximum atomic E-state index is 11.6. The molecule has 1 amide bonds. The molecule has 0 aliphatic rings. The SMILES string of the molecule is CC(Br)CNC(=O)c1cc(Cl)ccc1O. The van der Waals surface area contributed by atoms with Crippen LogP contribution in [0.2, 0.25) is 5.02 Å². The molecule has 1 atom stereocenters. The van der Waals surface area contributed by atoms with Gasteiger partial charge in [0.1, 0.15) is 5.75 Å². The van der Waals surface area contributed by atoms with Gasteiger partial charge in [0.25, 0.3) is 5.91 Å². The van der Waals surface area contributed by atoms with E-state index in [2.05, 4.69) is 21.2 Å². The molecular weight excluding hydrogens is 281 g/mol. The minimum absolute atomic E-state index is 0.0703. The molecule has 0 aliphatic heterocycles. The molecule has 0 spiro atoms. The molecular formula is C10H11BrClNO2. The van der Waals surface area contributed by atoms with Crippen LogP contribution >= 0.6 is 27.5 Å². The first-order chi connectivity index (χ1) is 7.00. The van der Waals surface area contributed by atoms with Crippen LogP contribution in [0, 0.1) is 0 Å². The minimum Gasteiger partial charge on any atom is -0.507 e. The highest BCUT2D eigenvalue weighted by Gasteiger charge is 2.11. The number of alkyl halides is 1. The van der Waals surface area contributed by atoms with Crippen LogP contribution in [0.1, 0.15) is 17.3 Å². The van der Waals surface area contributed by atoms with Crippen LogP contribution in [0.4, 0.5) is 0 Å². The highest BCUT2D eigenvalue weighted by atomic mass is 79.9. The van der Waals surface area contributed by atoms with Crippen molar-refractivity contribution >= 4 is 33.4 Å². The lowest BCUT2D eigenvalue weighted by Gasteiger charge is -2.08. The molecule has 0 heterocycles. The number of phenols is 1. The number of hydrogen-bond donors (Lipinski definition) is 2. The van der Waals surface area contributed by atoms with E-state index in [0.29, 0.717) is 11.6 Å². The van der Waals surface area contributed by atoms with Gasteiger partial charge in [-0.15, -0.1) is 0 Å². The molecule has 2 N–H and O–H groups in total. The average molecular weight is 293 g/mol. The summed E-state index contributed by atoms with van der Waals surface area (Å²) in [5, 5.41) is 12.5. The lowest BCUT2D eigenvalue weighted by Crippen LogP contribution is -2.28. The molecule has 1 rings (SSSR count). The van der Waals surface area contributed by atoms with E-state index in [1.807, 2.05) is 6.92 Å². The molecule has 0 saturated heterocycles. The molecule has 0 aromatic heterocycles. The number of halogens is 2. The third kappa shape index (κ3) is 3.72. The van der Waals surface area contributed by atoms with Gasteiger partial charge in [0, 0.05) is 16.4 Å². The fourth-order valence-electron chi connectivity index (χ4n) is 1.02. The Morgan fingerprint density at radius 2 is 2.33 bits per heavy atom. The molecule has 0 bridgehead atoms. The lowest BCUT2D eigenvalue weighted by molar-refractivity contribution is 0.0951. The maximum Gasteiger partial charge on any atom is 0.255 e. The number of amides is 1. The van der Waals surface area contributed by atoms with Gasteiger partial charge in [-0.05, 0) is 18.2 Å². The van der Waals surface area contributed by atoms with Gasteiger partial charge < -0.3 is 10.4 Å². The highest BCUT2D eigenvalue weighted by Crippen LogP contribution is 2.21. The van der Waals surface area contributed by atoms with Crippen molar-refractivity contribution in [1.82, 2.24) is 5.32 Å². The van der Waals surface area contributed by atoms with Crippen LogP contribution < -0.4 is 5.32 Å². The predicted octanol–water partition coefficient (Wildman–Crippen LogP) is 2.56. The second-order valence-corrected chi connectivity index (χ2v) is 5.15. The monoisotopic (exact) mass is 291 g/mol. The lowest BCUT2D eigenvalue weighted by atomic mass is 10.2. The quantitative estimate of drug-likeness (QED) is 0.841. The van der Waals surface area contributed by atoms with E-state index in [0.717, 1.165) is 0 Å². The number of carbonyl (C=O) groups is 1. The number of rotatable bonds is 3. The van der Waals surface area contributed by atoms with Crippen molar-refractivity contribution in [3.63, 3.8) is 0 Å². The standard InChI is InChI=1S/C10H11BrClNO2/c1-6(11)5-13-10(15)8-4-7(12)2-3-9(8)14/h2-4,6,14H,5H2,1H3,(H,13,15). The highest BCUT2D eigenvalue weighted by molar-refractivity contribution is 9.09.